The lowest BCUT2D eigenvalue weighted by atomic mass is 9.94. The largest absolute Gasteiger partial charge is 0.387 e. The number of sulfonamides is 1. The first-order valence-electron chi connectivity index (χ1n) is 5.86. The van der Waals surface area contributed by atoms with Crippen molar-refractivity contribution in [3.63, 3.8) is 0 Å². The van der Waals surface area contributed by atoms with Gasteiger partial charge in [-0.15, -0.1) is 0 Å². The highest BCUT2D eigenvalue weighted by molar-refractivity contribution is 7.89. The summed E-state index contributed by atoms with van der Waals surface area (Å²) >= 11 is 0. The van der Waals surface area contributed by atoms with Crippen molar-refractivity contribution in [3.8, 4) is 0 Å². The number of aliphatic hydroxyl groups is 1. The molecular formula is C11H13FN2O5S. The zero-order chi connectivity index (χ0) is 15.1. The quantitative estimate of drug-likeness (QED) is 0.657. The van der Waals surface area contributed by atoms with Gasteiger partial charge in [0, 0.05) is 13.1 Å². The number of hydrogen-bond donors (Lipinski definition) is 1. The van der Waals surface area contributed by atoms with Gasteiger partial charge in [-0.1, -0.05) is 6.92 Å². The number of halogens is 1. The summed E-state index contributed by atoms with van der Waals surface area (Å²) in [5, 5.41) is 20.7. The number of nitro groups is 1. The van der Waals surface area contributed by atoms with Gasteiger partial charge in [-0.2, -0.15) is 4.31 Å². The van der Waals surface area contributed by atoms with Crippen LogP contribution in [0.3, 0.4) is 0 Å². The van der Waals surface area contributed by atoms with Crippen LogP contribution in [0.15, 0.2) is 23.1 Å². The number of nitro benzene ring substituents is 1. The third-order valence-electron chi connectivity index (χ3n) is 3.33. The zero-order valence-corrected chi connectivity index (χ0v) is 11.4. The van der Waals surface area contributed by atoms with Crippen molar-refractivity contribution in [2.75, 3.05) is 13.1 Å². The van der Waals surface area contributed by atoms with Crippen molar-refractivity contribution in [1.29, 1.82) is 0 Å². The van der Waals surface area contributed by atoms with Gasteiger partial charge in [-0.25, -0.2) is 12.8 Å². The standard InChI is InChI=1S/C11H13FN2O5S/c1-2-11(15)6-13(7-11)20(18,19)10-4-3-8(12)5-9(10)14(16)17/h3-5,15H,2,6-7H2,1H3. The molecule has 2 rings (SSSR count). The minimum absolute atomic E-state index is 0.125. The number of hydrogen-bond acceptors (Lipinski definition) is 5. The fourth-order valence-corrected chi connectivity index (χ4v) is 3.73. The number of β-amino-alcohol motifs (C(OH)–C–C–N with tert-alkyl or cyclic N) is 1. The van der Waals surface area contributed by atoms with Crippen molar-refractivity contribution >= 4 is 15.7 Å². The molecule has 0 radical (unpaired) electrons. The van der Waals surface area contributed by atoms with Crippen molar-refractivity contribution in [2.24, 2.45) is 0 Å². The van der Waals surface area contributed by atoms with E-state index in [0.29, 0.717) is 12.5 Å². The van der Waals surface area contributed by atoms with Gasteiger partial charge in [0.25, 0.3) is 5.69 Å². The predicted molar refractivity (Wildman–Crippen MR) is 67.1 cm³/mol. The molecule has 0 unspecified atom stereocenters. The summed E-state index contributed by atoms with van der Waals surface area (Å²) in [6, 6.07) is 2.29. The Morgan fingerprint density at radius 1 is 1.50 bits per heavy atom. The second-order valence-corrected chi connectivity index (χ2v) is 6.63. The van der Waals surface area contributed by atoms with E-state index in [-0.39, 0.29) is 13.1 Å². The summed E-state index contributed by atoms with van der Waals surface area (Å²) < 4.78 is 38.4. The monoisotopic (exact) mass is 304 g/mol. The van der Waals surface area contributed by atoms with Gasteiger partial charge < -0.3 is 5.11 Å². The van der Waals surface area contributed by atoms with Gasteiger partial charge in [0.05, 0.1) is 16.6 Å². The lowest BCUT2D eigenvalue weighted by Crippen LogP contribution is -2.62. The maximum atomic E-state index is 13.0. The second-order valence-electron chi connectivity index (χ2n) is 4.72. The highest BCUT2D eigenvalue weighted by Crippen LogP contribution is 2.34. The molecule has 1 fully saturated rings. The second kappa shape index (κ2) is 4.76. The Hall–Kier alpha value is -1.58. The van der Waals surface area contributed by atoms with Crippen LogP contribution in [0.1, 0.15) is 13.3 Å². The Kier molecular flexibility index (Phi) is 3.53. The van der Waals surface area contributed by atoms with Crippen LogP contribution in [-0.2, 0) is 10.0 Å². The van der Waals surface area contributed by atoms with Crippen LogP contribution in [0.25, 0.3) is 0 Å². The van der Waals surface area contributed by atoms with E-state index in [9.17, 15) is 28.0 Å². The molecule has 0 atom stereocenters. The first kappa shape index (κ1) is 14.8. The molecule has 0 aliphatic carbocycles. The highest BCUT2D eigenvalue weighted by atomic mass is 32.2. The molecule has 0 spiro atoms. The number of nitrogens with zero attached hydrogens (tertiary/aromatic N) is 2. The smallest absolute Gasteiger partial charge is 0.292 e. The number of benzene rings is 1. The molecule has 1 saturated heterocycles. The van der Waals surface area contributed by atoms with E-state index < -0.39 is 36.9 Å². The van der Waals surface area contributed by atoms with Gasteiger partial charge in [0.15, 0.2) is 4.90 Å². The summed E-state index contributed by atoms with van der Waals surface area (Å²) in [6.45, 7) is 1.46. The molecule has 9 heteroatoms. The summed E-state index contributed by atoms with van der Waals surface area (Å²) in [6.07, 6.45) is 0.379. The van der Waals surface area contributed by atoms with Crippen molar-refractivity contribution in [2.45, 2.75) is 23.8 Å². The van der Waals surface area contributed by atoms with Crippen LogP contribution in [0.5, 0.6) is 0 Å². The normalized spacial score (nSPS) is 18.6. The van der Waals surface area contributed by atoms with Crippen LogP contribution in [0.2, 0.25) is 0 Å². The van der Waals surface area contributed by atoms with Crippen LogP contribution in [-0.4, -0.2) is 41.4 Å². The molecule has 1 N–H and O–H groups in total. The molecule has 1 aromatic rings. The van der Waals surface area contributed by atoms with Crippen molar-refractivity contribution < 1.29 is 22.8 Å². The van der Waals surface area contributed by atoms with Gasteiger partial charge in [-0.05, 0) is 18.6 Å². The van der Waals surface area contributed by atoms with E-state index in [1.54, 1.807) is 6.92 Å². The van der Waals surface area contributed by atoms with E-state index in [1.165, 1.54) is 0 Å². The molecule has 1 aliphatic rings. The molecule has 0 aromatic heterocycles. The fourth-order valence-electron chi connectivity index (χ4n) is 1.99. The fraction of sp³-hybridized carbons (Fsp3) is 0.455. The zero-order valence-electron chi connectivity index (χ0n) is 10.6. The van der Waals surface area contributed by atoms with Gasteiger partial charge in [-0.3, -0.25) is 10.1 Å². The summed E-state index contributed by atoms with van der Waals surface area (Å²) in [7, 11) is -4.11. The summed E-state index contributed by atoms with van der Waals surface area (Å²) in [5.74, 6) is -0.885. The maximum Gasteiger partial charge on any atom is 0.292 e. The van der Waals surface area contributed by atoms with Gasteiger partial charge in [0.1, 0.15) is 5.82 Å². The van der Waals surface area contributed by atoms with E-state index in [0.717, 1.165) is 16.4 Å². The van der Waals surface area contributed by atoms with E-state index in [2.05, 4.69) is 0 Å². The van der Waals surface area contributed by atoms with Crippen LogP contribution < -0.4 is 0 Å². The first-order chi connectivity index (χ1) is 9.19. The van der Waals surface area contributed by atoms with Gasteiger partial charge in [0.2, 0.25) is 10.0 Å². The highest BCUT2D eigenvalue weighted by Gasteiger charge is 2.47. The molecule has 1 aromatic carbocycles. The Bertz CT molecular complexity index is 655. The first-order valence-corrected chi connectivity index (χ1v) is 7.30. The molecule has 0 saturated carbocycles. The average molecular weight is 304 g/mol. The third-order valence-corrected chi connectivity index (χ3v) is 5.17. The Morgan fingerprint density at radius 3 is 2.60 bits per heavy atom. The van der Waals surface area contributed by atoms with Gasteiger partial charge >= 0.3 is 0 Å². The molecule has 0 bridgehead atoms. The SMILES string of the molecule is CCC1(O)CN(S(=O)(=O)c2ccc(F)cc2[N+](=O)[O-])C1. The predicted octanol–water partition coefficient (Wildman–Crippen LogP) is 0.879. The lowest BCUT2D eigenvalue weighted by molar-refractivity contribution is -0.388. The average Bonchev–Trinajstić information content (AvgIpc) is 2.34. The molecular weight excluding hydrogens is 291 g/mol. The number of rotatable bonds is 4. The third kappa shape index (κ3) is 2.39. The molecule has 20 heavy (non-hydrogen) atoms. The summed E-state index contributed by atoms with van der Waals surface area (Å²) in [5.41, 5.74) is -1.90. The topological polar surface area (TPSA) is 101 Å². The minimum atomic E-state index is -4.11. The van der Waals surface area contributed by atoms with Crippen molar-refractivity contribution in [3.05, 3.63) is 34.1 Å². The van der Waals surface area contributed by atoms with E-state index in [1.807, 2.05) is 0 Å². The van der Waals surface area contributed by atoms with E-state index in [4.69, 9.17) is 0 Å². The molecule has 7 nitrogen and oxygen atoms in total. The lowest BCUT2D eigenvalue weighted by Gasteiger charge is -2.44. The Labute approximate surface area is 114 Å². The van der Waals surface area contributed by atoms with Crippen LogP contribution in [0, 0.1) is 15.9 Å². The Balaban J connectivity index is 2.39. The summed E-state index contributed by atoms with van der Waals surface area (Å²) in [4.78, 5) is 9.33. The maximum absolute atomic E-state index is 13.0. The van der Waals surface area contributed by atoms with Crippen LogP contribution >= 0.6 is 0 Å². The molecule has 1 aliphatic heterocycles. The molecule has 0 amide bonds. The van der Waals surface area contributed by atoms with Crippen molar-refractivity contribution in [1.82, 2.24) is 4.31 Å². The Morgan fingerprint density at radius 2 is 2.10 bits per heavy atom. The van der Waals surface area contributed by atoms with E-state index >= 15 is 0 Å². The molecule has 1 heterocycles. The minimum Gasteiger partial charge on any atom is -0.387 e. The molecule has 110 valence electrons. The van der Waals surface area contributed by atoms with Crippen LogP contribution in [0.4, 0.5) is 10.1 Å².